The first-order chi connectivity index (χ1) is 7.46. The van der Waals surface area contributed by atoms with Crippen molar-refractivity contribution in [1.82, 2.24) is 0 Å². The highest BCUT2D eigenvalue weighted by Gasteiger charge is 2.34. The lowest BCUT2D eigenvalue weighted by atomic mass is 9.88. The standard InChI is InChI=1S/C11H11BrF3N/c12-8-1-2-10-9(5-8)7(3-4-16-10)6-11(13,14)15/h1-2,5,7,16H,3-4,6H2. The minimum Gasteiger partial charge on any atom is -0.385 e. The molecule has 0 aliphatic carbocycles. The predicted octanol–water partition coefficient (Wildman–Crippen LogP) is 4.30. The van der Waals surface area contributed by atoms with Gasteiger partial charge in [-0.15, -0.1) is 0 Å². The van der Waals surface area contributed by atoms with Crippen molar-refractivity contribution >= 4 is 21.6 Å². The van der Waals surface area contributed by atoms with Crippen molar-refractivity contribution in [1.29, 1.82) is 0 Å². The van der Waals surface area contributed by atoms with Crippen LogP contribution in [0.5, 0.6) is 0 Å². The summed E-state index contributed by atoms with van der Waals surface area (Å²) in [5, 5.41) is 3.12. The molecule has 0 aromatic heterocycles. The monoisotopic (exact) mass is 293 g/mol. The third-order valence-electron chi connectivity index (χ3n) is 2.74. The van der Waals surface area contributed by atoms with Crippen molar-refractivity contribution in [3.63, 3.8) is 0 Å². The first-order valence-electron chi connectivity index (χ1n) is 5.06. The second-order valence-corrected chi connectivity index (χ2v) is 4.88. The highest BCUT2D eigenvalue weighted by Crippen LogP contribution is 2.40. The average molecular weight is 294 g/mol. The van der Waals surface area contributed by atoms with Crippen LogP contribution in [0.15, 0.2) is 22.7 Å². The van der Waals surface area contributed by atoms with Crippen molar-refractivity contribution < 1.29 is 13.2 Å². The van der Waals surface area contributed by atoms with E-state index in [-0.39, 0.29) is 0 Å². The van der Waals surface area contributed by atoms with Crippen LogP contribution in [0.4, 0.5) is 18.9 Å². The van der Waals surface area contributed by atoms with E-state index in [1.54, 1.807) is 6.07 Å². The SMILES string of the molecule is FC(F)(F)CC1CCNc2ccc(Br)cc21. The van der Waals surface area contributed by atoms with Gasteiger partial charge in [0.25, 0.3) is 0 Å². The summed E-state index contributed by atoms with van der Waals surface area (Å²) in [7, 11) is 0. The van der Waals surface area contributed by atoms with Gasteiger partial charge >= 0.3 is 6.18 Å². The van der Waals surface area contributed by atoms with Crippen LogP contribution in [-0.2, 0) is 0 Å². The van der Waals surface area contributed by atoms with Gasteiger partial charge in [-0.2, -0.15) is 13.2 Å². The van der Waals surface area contributed by atoms with E-state index in [4.69, 9.17) is 0 Å². The van der Waals surface area contributed by atoms with E-state index < -0.39 is 18.5 Å². The van der Waals surface area contributed by atoms with Gasteiger partial charge in [-0.1, -0.05) is 15.9 Å². The summed E-state index contributed by atoms with van der Waals surface area (Å²) in [5.41, 5.74) is 1.58. The largest absolute Gasteiger partial charge is 0.389 e. The smallest absolute Gasteiger partial charge is 0.385 e. The van der Waals surface area contributed by atoms with Crippen molar-refractivity contribution in [2.75, 3.05) is 11.9 Å². The van der Waals surface area contributed by atoms with E-state index in [0.29, 0.717) is 13.0 Å². The number of alkyl halides is 3. The minimum atomic E-state index is -4.10. The Labute approximate surface area is 100 Å². The molecule has 88 valence electrons. The fourth-order valence-corrected chi connectivity index (χ4v) is 2.44. The molecule has 0 spiro atoms. The van der Waals surface area contributed by atoms with Crippen LogP contribution in [0.1, 0.15) is 24.3 Å². The average Bonchev–Trinajstić information content (AvgIpc) is 2.17. The Kier molecular flexibility index (Phi) is 3.15. The van der Waals surface area contributed by atoms with Crippen LogP contribution in [0.2, 0.25) is 0 Å². The number of anilines is 1. The number of hydrogen-bond acceptors (Lipinski definition) is 1. The quantitative estimate of drug-likeness (QED) is 0.814. The number of nitrogens with one attached hydrogen (secondary N) is 1. The van der Waals surface area contributed by atoms with E-state index in [1.165, 1.54) is 0 Å². The van der Waals surface area contributed by atoms with Crippen molar-refractivity contribution in [2.45, 2.75) is 24.9 Å². The zero-order valence-electron chi connectivity index (χ0n) is 8.44. The van der Waals surface area contributed by atoms with Crippen LogP contribution in [-0.4, -0.2) is 12.7 Å². The Morgan fingerprint density at radius 2 is 2.12 bits per heavy atom. The molecule has 0 bridgehead atoms. The summed E-state index contributed by atoms with van der Waals surface area (Å²) >= 11 is 3.29. The van der Waals surface area contributed by atoms with Crippen LogP contribution >= 0.6 is 15.9 Å². The lowest BCUT2D eigenvalue weighted by molar-refractivity contribution is -0.139. The summed E-state index contributed by atoms with van der Waals surface area (Å²) in [6.07, 6.45) is -4.30. The summed E-state index contributed by atoms with van der Waals surface area (Å²) in [4.78, 5) is 0. The highest BCUT2D eigenvalue weighted by atomic mass is 79.9. The van der Waals surface area contributed by atoms with Gasteiger partial charge in [-0.25, -0.2) is 0 Å². The number of rotatable bonds is 1. The van der Waals surface area contributed by atoms with Gasteiger partial charge in [0.2, 0.25) is 0 Å². The molecule has 1 N–H and O–H groups in total. The van der Waals surface area contributed by atoms with Gasteiger partial charge < -0.3 is 5.32 Å². The lowest BCUT2D eigenvalue weighted by Crippen LogP contribution is -2.21. The Bertz CT molecular complexity index is 389. The summed E-state index contributed by atoms with van der Waals surface area (Å²) in [6, 6.07) is 5.43. The van der Waals surface area contributed by atoms with E-state index in [9.17, 15) is 13.2 Å². The van der Waals surface area contributed by atoms with E-state index in [1.807, 2.05) is 12.1 Å². The Morgan fingerprint density at radius 3 is 2.81 bits per heavy atom. The molecule has 2 rings (SSSR count). The maximum atomic E-state index is 12.4. The molecule has 1 nitrogen and oxygen atoms in total. The van der Waals surface area contributed by atoms with Crippen molar-refractivity contribution in [3.05, 3.63) is 28.2 Å². The van der Waals surface area contributed by atoms with E-state index in [2.05, 4.69) is 21.2 Å². The summed E-state index contributed by atoms with van der Waals surface area (Å²) in [5.74, 6) is -0.422. The molecule has 1 unspecified atom stereocenters. The molecule has 1 aromatic rings. The zero-order valence-corrected chi connectivity index (χ0v) is 10.0. The number of halogens is 4. The number of benzene rings is 1. The first kappa shape index (κ1) is 11.8. The molecular weight excluding hydrogens is 283 g/mol. The zero-order chi connectivity index (χ0) is 11.8. The van der Waals surface area contributed by atoms with Gasteiger partial charge in [-0.3, -0.25) is 0 Å². The van der Waals surface area contributed by atoms with Crippen molar-refractivity contribution in [3.8, 4) is 0 Å². The van der Waals surface area contributed by atoms with Crippen LogP contribution < -0.4 is 5.32 Å². The number of hydrogen-bond donors (Lipinski definition) is 1. The first-order valence-corrected chi connectivity index (χ1v) is 5.85. The molecule has 0 saturated heterocycles. The van der Waals surface area contributed by atoms with Gasteiger partial charge in [0.15, 0.2) is 0 Å². The lowest BCUT2D eigenvalue weighted by Gasteiger charge is -2.27. The van der Waals surface area contributed by atoms with Crippen LogP contribution in [0.3, 0.4) is 0 Å². The summed E-state index contributed by atoms with van der Waals surface area (Å²) in [6.45, 7) is 0.607. The molecular formula is C11H11BrF3N. The Hall–Kier alpha value is -0.710. The molecule has 1 aliphatic heterocycles. The molecule has 0 radical (unpaired) electrons. The molecule has 0 fully saturated rings. The molecule has 1 aromatic carbocycles. The molecule has 1 heterocycles. The third-order valence-corrected chi connectivity index (χ3v) is 3.23. The van der Waals surface area contributed by atoms with Crippen LogP contribution in [0.25, 0.3) is 0 Å². The van der Waals surface area contributed by atoms with E-state index in [0.717, 1.165) is 15.7 Å². The summed E-state index contributed by atoms with van der Waals surface area (Å²) < 4.78 is 38.0. The molecule has 5 heteroatoms. The predicted molar refractivity (Wildman–Crippen MR) is 60.7 cm³/mol. The topological polar surface area (TPSA) is 12.0 Å². The maximum absolute atomic E-state index is 12.4. The minimum absolute atomic E-state index is 0.422. The second-order valence-electron chi connectivity index (χ2n) is 3.96. The van der Waals surface area contributed by atoms with Gasteiger partial charge in [0, 0.05) is 16.7 Å². The molecule has 1 atom stereocenters. The Balaban J connectivity index is 2.28. The fraction of sp³-hybridized carbons (Fsp3) is 0.455. The Morgan fingerprint density at radius 1 is 1.38 bits per heavy atom. The molecule has 0 saturated carbocycles. The van der Waals surface area contributed by atoms with Gasteiger partial charge in [0.1, 0.15) is 0 Å². The van der Waals surface area contributed by atoms with Crippen LogP contribution in [0, 0.1) is 0 Å². The maximum Gasteiger partial charge on any atom is 0.389 e. The number of fused-ring (bicyclic) bond motifs is 1. The van der Waals surface area contributed by atoms with Gasteiger partial charge in [0.05, 0.1) is 6.42 Å². The molecule has 16 heavy (non-hydrogen) atoms. The third kappa shape index (κ3) is 2.70. The second kappa shape index (κ2) is 4.28. The molecule has 0 amide bonds. The van der Waals surface area contributed by atoms with E-state index >= 15 is 0 Å². The van der Waals surface area contributed by atoms with Crippen molar-refractivity contribution in [2.24, 2.45) is 0 Å². The molecule has 1 aliphatic rings. The highest BCUT2D eigenvalue weighted by molar-refractivity contribution is 9.10. The normalized spacial score (nSPS) is 20.1. The van der Waals surface area contributed by atoms with Gasteiger partial charge in [-0.05, 0) is 36.1 Å². The fourth-order valence-electron chi connectivity index (χ4n) is 2.06.